The van der Waals surface area contributed by atoms with Crippen LogP contribution in [0.3, 0.4) is 0 Å². The Bertz CT molecular complexity index is 246. The number of nitrogens with one attached hydrogen (secondary N) is 1. The molecule has 0 spiro atoms. The monoisotopic (exact) mass is 242 g/mol. The molecular weight excluding hydrogens is 216 g/mol. The highest BCUT2D eigenvalue weighted by Crippen LogP contribution is 2.18. The van der Waals surface area contributed by atoms with E-state index >= 15 is 0 Å². The maximum Gasteiger partial charge on any atom is 0.239 e. The third kappa shape index (κ3) is 3.68. The molecule has 4 heteroatoms. The Hall–Kier alpha value is -0.610. The van der Waals surface area contributed by atoms with Crippen LogP contribution >= 0.6 is 0 Å². The molecule has 1 fully saturated rings. The lowest BCUT2D eigenvalue weighted by Gasteiger charge is -2.39. The van der Waals surface area contributed by atoms with Gasteiger partial charge in [-0.05, 0) is 38.6 Å². The first kappa shape index (κ1) is 14.5. The second-order valence-corrected chi connectivity index (χ2v) is 5.08. The van der Waals surface area contributed by atoms with E-state index in [0.717, 1.165) is 32.4 Å². The summed E-state index contributed by atoms with van der Waals surface area (Å²) < 4.78 is 0. The van der Waals surface area contributed by atoms with Crippen molar-refractivity contribution in [1.82, 2.24) is 10.2 Å². The summed E-state index contributed by atoms with van der Waals surface area (Å²) in [5.41, 5.74) is 0. The van der Waals surface area contributed by atoms with Gasteiger partial charge in [-0.1, -0.05) is 13.8 Å². The van der Waals surface area contributed by atoms with Gasteiger partial charge in [-0.15, -0.1) is 0 Å². The van der Waals surface area contributed by atoms with Crippen LogP contribution in [0.15, 0.2) is 0 Å². The van der Waals surface area contributed by atoms with Crippen LogP contribution < -0.4 is 5.32 Å². The fraction of sp³-hybridized carbons (Fsp3) is 0.923. The Balaban J connectivity index is 2.58. The molecule has 1 aliphatic rings. The van der Waals surface area contributed by atoms with E-state index in [1.54, 1.807) is 0 Å². The van der Waals surface area contributed by atoms with E-state index in [1.807, 2.05) is 18.7 Å². The molecular formula is C13H26N2O2. The summed E-state index contributed by atoms with van der Waals surface area (Å²) in [6.45, 7) is 7.98. The van der Waals surface area contributed by atoms with Crippen molar-refractivity contribution >= 4 is 5.91 Å². The van der Waals surface area contributed by atoms with Crippen LogP contribution in [-0.2, 0) is 4.79 Å². The first-order valence-electron chi connectivity index (χ1n) is 6.76. The molecule has 0 aromatic carbocycles. The lowest BCUT2D eigenvalue weighted by atomic mass is 9.97. The van der Waals surface area contributed by atoms with E-state index in [4.69, 9.17) is 0 Å². The molecule has 1 aliphatic heterocycles. The zero-order chi connectivity index (χ0) is 12.8. The fourth-order valence-corrected chi connectivity index (χ4v) is 2.27. The van der Waals surface area contributed by atoms with E-state index < -0.39 is 0 Å². The molecule has 1 heterocycles. The van der Waals surface area contributed by atoms with Crippen LogP contribution in [0.1, 0.15) is 40.0 Å². The first-order chi connectivity index (χ1) is 8.11. The zero-order valence-electron chi connectivity index (χ0n) is 11.3. The Morgan fingerprint density at radius 1 is 1.53 bits per heavy atom. The van der Waals surface area contributed by atoms with Gasteiger partial charge in [-0.3, -0.25) is 4.79 Å². The highest BCUT2D eigenvalue weighted by molar-refractivity contribution is 5.82. The first-order valence-corrected chi connectivity index (χ1v) is 6.76. The molecule has 17 heavy (non-hydrogen) atoms. The van der Waals surface area contributed by atoms with Crippen molar-refractivity contribution in [1.29, 1.82) is 0 Å². The van der Waals surface area contributed by atoms with Gasteiger partial charge in [0, 0.05) is 19.2 Å². The van der Waals surface area contributed by atoms with E-state index in [-0.39, 0.29) is 30.5 Å². The fourth-order valence-electron chi connectivity index (χ4n) is 2.27. The third-order valence-electron chi connectivity index (χ3n) is 3.72. The number of rotatable bonds is 6. The maximum atomic E-state index is 12.3. The molecule has 0 aliphatic carbocycles. The van der Waals surface area contributed by atoms with Gasteiger partial charge in [0.25, 0.3) is 0 Å². The summed E-state index contributed by atoms with van der Waals surface area (Å²) in [4.78, 5) is 14.2. The van der Waals surface area contributed by atoms with E-state index in [0.29, 0.717) is 0 Å². The topological polar surface area (TPSA) is 52.6 Å². The van der Waals surface area contributed by atoms with Gasteiger partial charge in [0.1, 0.15) is 0 Å². The molecule has 0 radical (unpaired) electrons. The number of carbonyl (C=O) groups is 1. The molecule has 1 amide bonds. The van der Waals surface area contributed by atoms with Gasteiger partial charge in [0.15, 0.2) is 0 Å². The lowest BCUT2D eigenvalue weighted by Crippen LogP contribution is -2.55. The summed E-state index contributed by atoms with van der Waals surface area (Å²) in [6, 6.07) is 0.107. The summed E-state index contributed by atoms with van der Waals surface area (Å²) in [5.74, 6) is 0.348. The Kier molecular flexibility index (Phi) is 5.92. The average molecular weight is 242 g/mol. The van der Waals surface area contributed by atoms with Crippen LogP contribution in [0.5, 0.6) is 0 Å². The predicted octanol–water partition coefficient (Wildman–Crippen LogP) is 0.994. The van der Waals surface area contributed by atoms with Gasteiger partial charge in [0.2, 0.25) is 5.91 Å². The number of aliphatic hydroxyl groups excluding tert-OH is 1. The van der Waals surface area contributed by atoms with E-state index in [9.17, 15) is 9.90 Å². The maximum absolute atomic E-state index is 12.3. The van der Waals surface area contributed by atoms with E-state index in [2.05, 4.69) is 12.2 Å². The zero-order valence-corrected chi connectivity index (χ0v) is 11.3. The number of aliphatic hydroxyl groups is 1. The summed E-state index contributed by atoms with van der Waals surface area (Å²) in [6.07, 6.45) is 3.04. The summed E-state index contributed by atoms with van der Waals surface area (Å²) in [5, 5.41) is 12.5. The van der Waals surface area contributed by atoms with Gasteiger partial charge < -0.3 is 15.3 Å². The normalized spacial score (nSPS) is 24.8. The van der Waals surface area contributed by atoms with Crippen molar-refractivity contribution in [3.8, 4) is 0 Å². The van der Waals surface area contributed by atoms with Gasteiger partial charge >= 0.3 is 0 Å². The molecule has 100 valence electrons. The number of hydrogen-bond acceptors (Lipinski definition) is 3. The molecule has 2 N–H and O–H groups in total. The van der Waals surface area contributed by atoms with Crippen LogP contribution in [0, 0.1) is 5.92 Å². The number of nitrogens with zero attached hydrogens (tertiary/aromatic N) is 1. The van der Waals surface area contributed by atoms with Crippen LogP contribution in [0.25, 0.3) is 0 Å². The second kappa shape index (κ2) is 6.97. The smallest absolute Gasteiger partial charge is 0.239 e. The van der Waals surface area contributed by atoms with Gasteiger partial charge in [0.05, 0.1) is 6.04 Å². The molecule has 4 nitrogen and oxygen atoms in total. The van der Waals surface area contributed by atoms with Crippen molar-refractivity contribution in [2.24, 2.45) is 5.92 Å². The number of likely N-dealkylation sites (tertiary alicyclic amines) is 1. The van der Waals surface area contributed by atoms with Crippen molar-refractivity contribution in [3.05, 3.63) is 0 Å². The van der Waals surface area contributed by atoms with Crippen LogP contribution in [0.4, 0.5) is 0 Å². The number of hydrogen-bond donors (Lipinski definition) is 2. The minimum atomic E-state index is -0.0166. The second-order valence-electron chi connectivity index (χ2n) is 5.08. The molecule has 0 aromatic heterocycles. The van der Waals surface area contributed by atoms with Crippen molar-refractivity contribution < 1.29 is 9.90 Å². The largest absolute Gasteiger partial charge is 0.396 e. The average Bonchev–Trinajstić information content (AvgIpc) is 2.35. The third-order valence-corrected chi connectivity index (χ3v) is 3.72. The highest BCUT2D eigenvalue weighted by Gasteiger charge is 2.32. The van der Waals surface area contributed by atoms with Crippen LogP contribution in [0.2, 0.25) is 0 Å². The Morgan fingerprint density at radius 3 is 2.82 bits per heavy atom. The summed E-state index contributed by atoms with van der Waals surface area (Å²) >= 11 is 0. The minimum Gasteiger partial charge on any atom is -0.396 e. The van der Waals surface area contributed by atoms with Crippen molar-refractivity contribution in [2.45, 2.75) is 52.1 Å². The standard InChI is InChI=1S/C13H26N2O2/c1-4-7-14-12-6-5-8-15(13(12)17)11(3)10(2)9-16/h10-12,14,16H,4-9H2,1-3H3. The van der Waals surface area contributed by atoms with Crippen molar-refractivity contribution in [2.75, 3.05) is 19.7 Å². The summed E-state index contributed by atoms with van der Waals surface area (Å²) in [7, 11) is 0. The van der Waals surface area contributed by atoms with E-state index in [1.165, 1.54) is 0 Å². The Labute approximate surface area is 104 Å². The molecule has 1 rings (SSSR count). The number of piperidine rings is 1. The Morgan fingerprint density at radius 2 is 2.24 bits per heavy atom. The molecule has 3 unspecified atom stereocenters. The number of carbonyl (C=O) groups excluding carboxylic acids is 1. The number of amides is 1. The lowest BCUT2D eigenvalue weighted by molar-refractivity contribution is -0.139. The quantitative estimate of drug-likeness (QED) is 0.730. The van der Waals surface area contributed by atoms with Crippen LogP contribution in [-0.4, -0.2) is 47.7 Å². The van der Waals surface area contributed by atoms with Crippen molar-refractivity contribution in [3.63, 3.8) is 0 Å². The molecule has 1 saturated heterocycles. The van der Waals surface area contributed by atoms with Gasteiger partial charge in [-0.25, -0.2) is 0 Å². The predicted molar refractivity (Wildman–Crippen MR) is 68.7 cm³/mol. The highest BCUT2D eigenvalue weighted by atomic mass is 16.3. The molecule has 0 saturated carbocycles. The van der Waals surface area contributed by atoms with Gasteiger partial charge in [-0.2, -0.15) is 0 Å². The molecule has 3 atom stereocenters. The minimum absolute atomic E-state index is 0.0166. The molecule has 0 aromatic rings. The molecule has 0 bridgehead atoms. The SMILES string of the molecule is CCCNC1CCCN(C(C)C(C)CO)C1=O.